The molecular formula is C19H36IN5O2S. The number of halogens is 1. The molecule has 1 aromatic heterocycles. The van der Waals surface area contributed by atoms with Crippen molar-refractivity contribution in [3.63, 3.8) is 0 Å². The zero-order chi connectivity index (χ0) is 20.6. The molecule has 28 heavy (non-hydrogen) atoms. The van der Waals surface area contributed by atoms with Crippen LogP contribution < -0.4 is 10.6 Å². The van der Waals surface area contributed by atoms with Crippen LogP contribution in [0.4, 0.5) is 4.79 Å². The molecule has 1 rings (SSSR count). The summed E-state index contributed by atoms with van der Waals surface area (Å²) in [5.41, 5.74) is 0.638. The Kier molecular flexibility index (Phi) is 12.0. The van der Waals surface area contributed by atoms with E-state index < -0.39 is 5.60 Å². The van der Waals surface area contributed by atoms with Gasteiger partial charge in [0.15, 0.2) is 5.96 Å². The summed E-state index contributed by atoms with van der Waals surface area (Å²) in [4.78, 5) is 22.6. The number of carbonyl (C=O) groups excluding carboxylic acids is 1. The Morgan fingerprint density at radius 3 is 2.46 bits per heavy atom. The summed E-state index contributed by atoms with van der Waals surface area (Å²) in [6.07, 6.45) is 0.479. The summed E-state index contributed by atoms with van der Waals surface area (Å²) >= 11 is 1.66. The van der Waals surface area contributed by atoms with Crippen molar-refractivity contribution in [2.24, 2.45) is 4.99 Å². The number of aromatic nitrogens is 1. The molecule has 9 heteroatoms. The lowest BCUT2D eigenvalue weighted by Gasteiger charge is -2.28. The number of hydrogen-bond donors (Lipinski definition) is 2. The fraction of sp³-hybridized carbons (Fsp3) is 0.737. The smallest absolute Gasteiger partial charge is 0.410 e. The van der Waals surface area contributed by atoms with E-state index in [2.05, 4.69) is 39.8 Å². The molecule has 1 aromatic rings. The molecule has 0 aliphatic rings. The summed E-state index contributed by atoms with van der Waals surface area (Å²) in [7, 11) is 3.51. The van der Waals surface area contributed by atoms with E-state index in [4.69, 9.17) is 4.74 Å². The zero-order valence-electron chi connectivity index (χ0n) is 18.3. The number of nitrogens with zero attached hydrogens (tertiary/aromatic N) is 3. The van der Waals surface area contributed by atoms with Crippen LogP contribution >= 0.6 is 35.3 Å². The quantitative estimate of drug-likeness (QED) is 0.317. The fourth-order valence-electron chi connectivity index (χ4n) is 2.16. The molecule has 0 aliphatic carbocycles. The van der Waals surface area contributed by atoms with Gasteiger partial charge in [-0.25, -0.2) is 9.78 Å². The maximum Gasteiger partial charge on any atom is 0.410 e. The molecule has 0 bridgehead atoms. The van der Waals surface area contributed by atoms with Crippen LogP contribution in [0.1, 0.15) is 64.6 Å². The van der Waals surface area contributed by atoms with E-state index in [1.165, 1.54) is 0 Å². The van der Waals surface area contributed by atoms with Gasteiger partial charge in [0.25, 0.3) is 0 Å². The monoisotopic (exact) mass is 525 g/mol. The number of aliphatic imine (C=N–C) groups is 1. The number of ether oxygens (including phenoxy) is 1. The number of hydrogen-bond acceptors (Lipinski definition) is 5. The molecule has 0 aliphatic heterocycles. The van der Waals surface area contributed by atoms with Crippen LogP contribution in [0.2, 0.25) is 0 Å². The third kappa shape index (κ3) is 9.90. The van der Waals surface area contributed by atoms with Crippen molar-refractivity contribution >= 4 is 47.4 Å². The number of guanidine groups is 1. The predicted molar refractivity (Wildman–Crippen MR) is 128 cm³/mol. The average molecular weight is 526 g/mol. The van der Waals surface area contributed by atoms with E-state index in [-0.39, 0.29) is 36.1 Å². The van der Waals surface area contributed by atoms with Crippen molar-refractivity contribution in [2.45, 2.75) is 72.1 Å². The van der Waals surface area contributed by atoms with E-state index in [0.29, 0.717) is 19.0 Å². The molecule has 0 radical (unpaired) electrons. The minimum Gasteiger partial charge on any atom is -0.444 e. The molecule has 0 saturated heterocycles. The molecule has 0 saturated carbocycles. The maximum absolute atomic E-state index is 12.1. The SMILES string of the molecule is CN=C(NCCC(C)N(C)C(=O)OC(C)(C)C)NCc1nc(C(C)C)cs1.I. The van der Waals surface area contributed by atoms with Gasteiger partial charge in [-0.15, -0.1) is 35.3 Å². The molecule has 1 atom stereocenters. The minimum atomic E-state index is -0.486. The van der Waals surface area contributed by atoms with Crippen LogP contribution in [-0.4, -0.2) is 54.2 Å². The Bertz CT molecular complexity index is 628. The first-order valence-corrected chi connectivity index (χ1v) is 10.3. The molecule has 1 unspecified atom stereocenters. The third-order valence-corrected chi connectivity index (χ3v) is 4.86. The van der Waals surface area contributed by atoms with Crippen molar-refractivity contribution in [1.82, 2.24) is 20.5 Å². The number of rotatable bonds is 7. The van der Waals surface area contributed by atoms with E-state index in [0.717, 1.165) is 23.1 Å². The first-order valence-electron chi connectivity index (χ1n) is 9.38. The van der Waals surface area contributed by atoms with Gasteiger partial charge in [-0.05, 0) is 40.0 Å². The fourth-order valence-corrected chi connectivity index (χ4v) is 3.05. The minimum absolute atomic E-state index is 0. The highest BCUT2D eigenvalue weighted by atomic mass is 127. The first-order chi connectivity index (χ1) is 12.5. The van der Waals surface area contributed by atoms with Gasteiger partial charge in [0.05, 0.1) is 12.2 Å². The summed E-state index contributed by atoms with van der Waals surface area (Å²) in [5.74, 6) is 1.17. The molecule has 0 fully saturated rings. The lowest BCUT2D eigenvalue weighted by Crippen LogP contribution is -2.42. The number of amides is 1. The standard InChI is InChI=1S/C19H35N5O2S.HI/c1-13(2)15-12-27-16(23-15)11-22-17(20-7)21-10-9-14(3)24(8)18(25)26-19(4,5)6;/h12-14H,9-11H2,1-8H3,(H2,20,21,22);1H. The van der Waals surface area contributed by atoms with E-state index >= 15 is 0 Å². The van der Waals surface area contributed by atoms with Gasteiger partial charge < -0.3 is 20.3 Å². The second-order valence-electron chi connectivity index (χ2n) is 7.90. The van der Waals surface area contributed by atoms with Gasteiger partial charge in [-0.2, -0.15) is 0 Å². The van der Waals surface area contributed by atoms with E-state index in [9.17, 15) is 4.79 Å². The van der Waals surface area contributed by atoms with E-state index in [1.54, 1.807) is 30.3 Å². The number of thiazole rings is 1. The average Bonchev–Trinajstić information content (AvgIpc) is 3.04. The van der Waals surface area contributed by atoms with Crippen LogP contribution in [0.3, 0.4) is 0 Å². The van der Waals surface area contributed by atoms with Gasteiger partial charge in [0, 0.05) is 32.1 Å². The lowest BCUT2D eigenvalue weighted by molar-refractivity contribution is 0.0230. The van der Waals surface area contributed by atoms with Crippen LogP contribution in [0.15, 0.2) is 10.4 Å². The number of nitrogens with one attached hydrogen (secondary N) is 2. The third-order valence-electron chi connectivity index (χ3n) is 3.99. The number of carbonyl (C=O) groups is 1. The van der Waals surface area contributed by atoms with Crippen molar-refractivity contribution in [1.29, 1.82) is 0 Å². The normalized spacial score (nSPS) is 13.0. The lowest BCUT2D eigenvalue weighted by atomic mass is 10.2. The van der Waals surface area contributed by atoms with Gasteiger partial charge in [-0.3, -0.25) is 4.99 Å². The molecule has 2 N–H and O–H groups in total. The molecule has 0 spiro atoms. The largest absolute Gasteiger partial charge is 0.444 e. The van der Waals surface area contributed by atoms with Crippen LogP contribution in [0.5, 0.6) is 0 Å². The van der Waals surface area contributed by atoms with Crippen molar-refractivity contribution in [3.8, 4) is 0 Å². The Hall–Kier alpha value is -1.10. The second kappa shape index (κ2) is 12.5. The highest BCUT2D eigenvalue weighted by Gasteiger charge is 2.22. The Labute approximate surface area is 190 Å². The Balaban J connectivity index is 0.00000729. The summed E-state index contributed by atoms with van der Waals surface area (Å²) in [6.45, 7) is 13.2. The summed E-state index contributed by atoms with van der Waals surface area (Å²) in [6, 6.07) is 0.0537. The van der Waals surface area contributed by atoms with Gasteiger partial charge in [-0.1, -0.05) is 13.8 Å². The first kappa shape index (κ1) is 26.9. The zero-order valence-corrected chi connectivity index (χ0v) is 21.5. The molecule has 0 aromatic carbocycles. The summed E-state index contributed by atoms with van der Waals surface area (Å²) in [5, 5.41) is 9.70. The molecule has 1 amide bonds. The Morgan fingerprint density at radius 2 is 1.96 bits per heavy atom. The van der Waals surface area contributed by atoms with Crippen LogP contribution in [0.25, 0.3) is 0 Å². The topological polar surface area (TPSA) is 78.9 Å². The maximum atomic E-state index is 12.1. The van der Waals surface area contributed by atoms with E-state index in [1.807, 2.05) is 27.7 Å². The van der Waals surface area contributed by atoms with Crippen molar-refractivity contribution < 1.29 is 9.53 Å². The highest BCUT2D eigenvalue weighted by Crippen LogP contribution is 2.17. The molecule has 1 heterocycles. The molecule has 162 valence electrons. The summed E-state index contributed by atoms with van der Waals surface area (Å²) < 4.78 is 5.40. The molecule has 7 nitrogen and oxygen atoms in total. The highest BCUT2D eigenvalue weighted by molar-refractivity contribution is 14.0. The second-order valence-corrected chi connectivity index (χ2v) is 8.84. The van der Waals surface area contributed by atoms with Gasteiger partial charge in [0.1, 0.15) is 10.6 Å². The van der Waals surface area contributed by atoms with Gasteiger partial charge in [0.2, 0.25) is 0 Å². The van der Waals surface area contributed by atoms with Crippen molar-refractivity contribution in [2.75, 3.05) is 20.6 Å². The Morgan fingerprint density at radius 1 is 1.32 bits per heavy atom. The molecular weight excluding hydrogens is 489 g/mol. The van der Waals surface area contributed by atoms with Crippen molar-refractivity contribution in [3.05, 3.63) is 16.1 Å². The van der Waals surface area contributed by atoms with Crippen LogP contribution in [-0.2, 0) is 11.3 Å². The predicted octanol–water partition coefficient (Wildman–Crippen LogP) is 4.20. The van der Waals surface area contributed by atoms with Gasteiger partial charge >= 0.3 is 6.09 Å². The van der Waals surface area contributed by atoms with Crippen LogP contribution in [0, 0.1) is 0 Å².